The number of likely N-dealkylation sites (tertiary alicyclic amines) is 1. The zero-order chi connectivity index (χ0) is 14.8. The average molecular weight is 279 g/mol. The van der Waals surface area contributed by atoms with Crippen LogP contribution in [0.1, 0.15) is 50.3 Å². The van der Waals surface area contributed by atoms with E-state index in [9.17, 15) is 9.59 Å². The van der Waals surface area contributed by atoms with E-state index in [1.54, 1.807) is 11.1 Å². The number of rotatable bonds is 2. The minimum atomic E-state index is -0.469. The van der Waals surface area contributed by atoms with Crippen LogP contribution >= 0.6 is 0 Å². The molecule has 0 bridgehead atoms. The molecule has 2 rings (SSSR count). The summed E-state index contributed by atoms with van der Waals surface area (Å²) in [4.78, 5) is 28.6. The summed E-state index contributed by atoms with van der Waals surface area (Å²) in [5.41, 5.74) is -0.469. The summed E-state index contributed by atoms with van der Waals surface area (Å²) < 4.78 is 7.25. The van der Waals surface area contributed by atoms with Crippen LogP contribution in [0.3, 0.4) is 0 Å². The molecule has 0 unspecified atom stereocenters. The van der Waals surface area contributed by atoms with Crippen LogP contribution in [0.5, 0.6) is 0 Å². The molecule has 20 heavy (non-hydrogen) atoms. The van der Waals surface area contributed by atoms with Gasteiger partial charge in [-0.25, -0.2) is 9.78 Å². The fourth-order valence-electron chi connectivity index (χ4n) is 2.38. The molecule has 1 aromatic rings. The highest BCUT2D eigenvalue weighted by molar-refractivity contribution is 5.69. The van der Waals surface area contributed by atoms with Crippen molar-refractivity contribution in [2.45, 2.75) is 45.3 Å². The molecule has 0 radical (unpaired) electrons. The van der Waals surface area contributed by atoms with Crippen molar-refractivity contribution in [3.8, 4) is 0 Å². The Bertz CT molecular complexity index is 482. The smallest absolute Gasteiger partial charge is 0.410 e. The molecular weight excluding hydrogens is 258 g/mol. The zero-order valence-corrected chi connectivity index (χ0v) is 12.2. The molecule has 0 atom stereocenters. The number of ether oxygens (including phenoxy) is 1. The van der Waals surface area contributed by atoms with Gasteiger partial charge in [-0.2, -0.15) is 0 Å². The molecule has 1 aliphatic heterocycles. The lowest BCUT2D eigenvalue weighted by Crippen LogP contribution is -2.42. The summed E-state index contributed by atoms with van der Waals surface area (Å²) in [7, 11) is 0. The van der Waals surface area contributed by atoms with Crippen LogP contribution in [0.2, 0.25) is 0 Å². The predicted molar refractivity (Wildman–Crippen MR) is 73.7 cm³/mol. The summed E-state index contributed by atoms with van der Waals surface area (Å²) in [6, 6.07) is 0.219. The fraction of sp³-hybridized carbons (Fsp3) is 0.643. The van der Waals surface area contributed by atoms with E-state index >= 15 is 0 Å². The number of hydrogen-bond donors (Lipinski definition) is 0. The highest BCUT2D eigenvalue weighted by Crippen LogP contribution is 2.24. The Morgan fingerprint density at radius 3 is 2.60 bits per heavy atom. The Labute approximate surface area is 118 Å². The third-order valence-electron chi connectivity index (χ3n) is 3.31. The van der Waals surface area contributed by atoms with E-state index in [2.05, 4.69) is 4.98 Å². The highest BCUT2D eigenvalue weighted by Gasteiger charge is 2.28. The maximum absolute atomic E-state index is 12.0. The molecule has 1 aliphatic rings. The number of carbonyl (C=O) groups excluding carboxylic acids is 2. The van der Waals surface area contributed by atoms with Gasteiger partial charge in [0.15, 0.2) is 12.1 Å². The minimum absolute atomic E-state index is 0.219. The molecular formula is C14H21N3O3. The Morgan fingerprint density at radius 1 is 1.40 bits per heavy atom. The molecule has 110 valence electrons. The number of piperidine rings is 1. The lowest BCUT2D eigenvalue weighted by atomic mass is 10.1. The molecule has 6 nitrogen and oxygen atoms in total. The second-order valence-corrected chi connectivity index (χ2v) is 6.01. The van der Waals surface area contributed by atoms with Crippen molar-refractivity contribution in [2.24, 2.45) is 0 Å². The molecule has 0 aliphatic carbocycles. The maximum Gasteiger partial charge on any atom is 0.410 e. The van der Waals surface area contributed by atoms with Crippen LogP contribution in [0.15, 0.2) is 12.4 Å². The van der Waals surface area contributed by atoms with Crippen molar-refractivity contribution < 1.29 is 14.3 Å². The van der Waals surface area contributed by atoms with Crippen LogP contribution in [-0.4, -0.2) is 45.5 Å². The largest absolute Gasteiger partial charge is 0.444 e. The molecule has 2 heterocycles. The van der Waals surface area contributed by atoms with Crippen molar-refractivity contribution in [3.63, 3.8) is 0 Å². The van der Waals surface area contributed by atoms with Crippen LogP contribution in [0, 0.1) is 0 Å². The van der Waals surface area contributed by atoms with E-state index in [0.29, 0.717) is 18.9 Å². The molecule has 1 amide bonds. The SMILES string of the molecule is CC(C)(C)OC(=O)N1CCC(n2ccnc2C=O)CC1. The third kappa shape index (κ3) is 3.37. The van der Waals surface area contributed by atoms with Crippen LogP contribution in [0.4, 0.5) is 4.79 Å². The number of hydrogen-bond acceptors (Lipinski definition) is 4. The molecule has 0 N–H and O–H groups in total. The monoisotopic (exact) mass is 279 g/mol. The zero-order valence-electron chi connectivity index (χ0n) is 12.2. The topological polar surface area (TPSA) is 64.4 Å². The highest BCUT2D eigenvalue weighted by atomic mass is 16.6. The van der Waals surface area contributed by atoms with Crippen LogP contribution in [0.25, 0.3) is 0 Å². The Kier molecular flexibility index (Phi) is 4.11. The van der Waals surface area contributed by atoms with Gasteiger partial charge in [-0.1, -0.05) is 0 Å². The normalized spacial score (nSPS) is 17.1. The van der Waals surface area contributed by atoms with E-state index in [1.165, 1.54) is 0 Å². The van der Waals surface area contributed by atoms with Gasteiger partial charge in [0.25, 0.3) is 0 Å². The fourth-order valence-corrected chi connectivity index (χ4v) is 2.38. The molecule has 0 spiro atoms. The first-order chi connectivity index (χ1) is 9.40. The van der Waals surface area contributed by atoms with E-state index < -0.39 is 5.60 Å². The van der Waals surface area contributed by atoms with E-state index in [4.69, 9.17) is 4.74 Å². The van der Waals surface area contributed by atoms with E-state index in [-0.39, 0.29) is 12.1 Å². The van der Waals surface area contributed by atoms with Gasteiger partial charge in [0.2, 0.25) is 0 Å². The van der Waals surface area contributed by atoms with Gasteiger partial charge >= 0.3 is 6.09 Å². The second-order valence-electron chi connectivity index (χ2n) is 6.01. The van der Waals surface area contributed by atoms with Crippen molar-refractivity contribution >= 4 is 12.4 Å². The van der Waals surface area contributed by atoms with E-state index in [1.807, 2.05) is 31.5 Å². The number of imidazole rings is 1. The Balaban J connectivity index is 1.93. The number of carbonyl (C=O) groups is 2. The third-order valence-corrected chi connectivity index (χ3v) is 3.31. The van der Waals surface area contributed by atoms with Gasteiger partial charge in [-0.3, -0.25) is 4.79 Å². The molecule has 0 aromatic carbocycles. The first-order valence-electron chi connectivity index (χ1n) is 6.86. The quantitative estimate of drug-likeness (QED) is 0.779. The lowest BCUT2D eigenvalue weighted by molar-refractivity contribution is 0.0187. The summed E-state index contributed by atoms with van der Waals surface area (Å²) in [5.74, 6) is 0.445. The van der Waals surface area contributed by atoms with E-state index in [0.717, 1.165) is 19.1 Å². The molecule has 6 heteroatoms. The first kappa shape index (κ1) is 14.6. The van der Waals surface area contributed by atoms with Crippen molar-refractivity contribution in [3.05, 3.63) is 18.2 Å². The lowest BCUT2D eigenvalue weighted by Gasteiger charge is -2.34. The molecule has 1 fully saturated rings. The van der Waals surface area contributed by atoms with Gasteiger partial charge in [0, 0.05) is 31.5 Å². The van der Waals surface area contributed by atoms with Crippen molar-refractivity contribution in [1.82, 2.24) is 14.5 Å². The Hall–Kier alpha value is -1.85. The van der Waals surface area contributed by atoms with Crippen molar-refractivity contribution in [2.75, 3.05) is 13.1 Å². The van der Waals surface area contributed by atoms with Gasteiger partial charge in [0.1, 0.15) is 5.60 Å². The maximum atomic E-state index is 12.0. The summed E-state index contributed by atoms with van der Waals surface area (Å²) >= 11 is 0. The number of nitrogens with zero attached hydrogens (tertiary/aromatic N) is 3. The number of aldehydes is 1. The summed E-state index contributed by atoms with van der Waals surface area (Å²) in [6.45, 7) is 6.85. The second kappa shape index (κ2) is 5.64. The van der Waals surface area contributed by atoms with Gasteiger partial charge < -0.3 is 14.2 Å². The molecule has 0 saturated carbocycles. The van der Waals surface area contributed by atoms with Gasteiger partial charge in [0.05, 0.1) is 0 Å². The standard InChI is InChI=1S/C14H21N3O3/c1-14(2,3)20-13(19)16-7-4-11(5-8-16)17-9-6-15-12(17)10-18/h6,9-11H,4-5,7-8H2,1-3H3. The average Bonchev–Trinajstić information content (AvgIpc) is 2.85. The number of amides is 1. The van der Waals surface area contributed by atoms with Crippen LogP contribution < -0.4 is 0 Å². The Morgan fingerprint density at radius 2 is 2.05 bits per heavy atom. The van der Waals surface area contributed by atoms with Gasteiger partial charge in [-0.15, -0.1) is 0 Å². The molecule has 1 aromatic heterocycles. The predicted octanol–water partition coefficient (Wildman–Crippen LogP) is 2.27. The van der Waals surface area contributed by atoms with Crippen LogP contribution in [-0.2, 0) is 4.74 Å². The van der Waals surface area contributed by atoms with Crippen molar-refractivity contribution in [1.29, 1.82) is 0 Å². The van der Waals surface area contributed by atoms with Gasteiger partial charge in [-0.05, 0) is 33.6 Å². The molecule has 1 saturated heterocycles. The summed E-state index contributed by atoms with van der Waals surface area (Å²) in [5, 5.41) is 0. The summed E-state index contributed by atoms with van der Waals surface area (Å²) in [6.07, 6.45) is 5.55. The number of aromatic nitrogens is 2. The minimum Gasteiger partial charge on any atom is -0.444 e. The first-order valence-corrected chi connectivity index (χ1v) is 6.86.